The van der Waals surface area contributed by atoms with Crippen molar-refractivity contribution < 1.29 is 13.7 Å². The summed E-state index contributed by atoms with van der Waals surface area (Å²) >= 11 is 0. The van der Waals surface area contributed by atoms with Crippen molar-refractivity contribution in [2.75, 3.05) is 13.7 Å². The number of hydrogen-bond acceptors (Lipinski definition) is 6. The zero-order valence-corrected chi connectivity index (χ0v) is 18.1. The molecular weight excluding hydrogens is 404 g/mol. The van der Waals surface area contributed by atoms with Gasteiger partial charge in [0.05, 0.1) is 24.8 Å². The lowest BCUT2D eigenvalue weighted by atomic mass is 10.0. The van der Waals surface area contributed by atoms with E-state index in [1.54, 1.807) is 13.4 Å². The Morgan fingerprint density at radius 3 is 2.78 bits per heavy atom. The van der Waals surface area contributed by atoms with E-state index in [1.807, 2.05) is 54.6 Å². The van der Waals surface area contributed by atoms with Gasteiger partial charge in [-0.2, -0.15) is 0 Å². The lowest BCUT2D eigenvalue weighted by Gasteiger charge is -2.27. The first-order chi connectivity index (χ1) is 15.7. The van der Waals surface area contributed by atoms with E-state index in [0.717, 1.165) is 48.6 Å². The standard InChI is InChI=1S/C26H26N2O4/c1-30-20-12-10-18(11-13-20)22-15-25(32-27-22)23-8-3-2-6-14-28(23)16-19-17-31-24-9-5-4-7-21(24)26(19)29/h4-5,7,9-13,15,17,23H,2-3,6,8,14,16H2,1H3. The molecule has 1 fully saturated rings. The predicted octanol–water partition coefficient (Wildman–Crippen LogP) is 5.57. The Kier molecular flexibility index (Phi) is 5.77. The van der Waals surface area contributed by atoms with Crippen molar-refractivity contribution in [1.82, 2.24) is 10.1 Å². The highest BCUT2D eigenvalue weighted by Gasteiger charge is 2.27. The molecule has 3 heterocycles. The summed E-state index contributed by atoms with van der Waals surface area (Å²) in [6.45, 7) is 1.42. The van der Waals surface area contributed by atoms with Crippen LogP contribution in [0.2, 0.25) is 0 Å². The molecule has 0 bridgehead atoms. The molecule has 164 valence electrons. The SMILES string of the molecule is COc1ccc(-c2cc(C3CCCCCN3Cc3coc4ccccc4c3=O)on2)cc1. The quantitative estimate of drug-likeness (QED) is 0.412. The Morgan fingerprint density at radius 1 is 1.09 bits per heavy atom. The first-order valence-corrected chi connectivity index (χ1v) is 11.1. The fourth-order valence-corrected chi connectivity index (χ4v) is 4.47. The second-order valence-corrected chi connectivity index (χ2v) is 8.26. The third-order valence-corrected chi connectivity index (χ3v) is 6.23. The van der Waals surface area contributed by atoms with Gasteiger partial charge in [0, 0.05) is 23.7 Å². The summed E-state index contributed by atoms with van der Waals surface area (Å²) in [7, 11) is 1.65. The van der Waals surface area contributed by atoms with Gasteiger partial charge in [0.15, 0.2) is 11.2 Å². The van der Waals surface area contributed by atoms with Crippen molar-refractivity contribution in [3.63, 3.8) is 0 Å². The molecule has 5 rings (SSSR count). The fraction of sp³-hybridized carbons (Fsp3) is 0.308. The molecule has 1 saturated heterocycles. The van der Waals surface area contributed by atoms with E-state index < -0.39 is 0 Å². The second-order valence-electron chi connectivity index (χ2n) is 8.26. The van der Waals surface area contributed by atoms with Crippen LogP contribution in [-0.4, -0.2) is 23.7 Å². The van der Waals surface area contributed by atoms with E-state index in [0.29, 0.717) is 23.1 Å². The molecule has 0 spiro atoms. The number of methoxy groups -OCH3 is 1. The van der Waals surface area contributed by atoms with E-state index >= 15 is 0 Å². The number of para-hydroxylation sites is 1. The molecule has 2 aromatic carbocycles. The molecule has 1 unspecified atom stereocenters. The number of likely N-dealkylation sites (tertiary alicyclic amines) is 1. The van der Waals surface area contributed by atoms with E-state index in [9.17, 15) is 4.79 Å². The molecule has 0 N–H and O–H groups in total. The lowest BCUT2D eigenvalue weighted by molar-refractivity contribution is 0.159. The maximum Gasteiger partial charge on any atom is 0.197 e. The van der Waals surface area contributed by atoms with Gasteiger partial charge in [-0.1, -0.05) is 30.1 Å². The van der Waals surface area contributed by atoms with Crippen LogP contribution in [0.25, 0.3) is 22.2 Å². The molecule has 1 aliphatic heterocycles. The Bertz CT molecular complexity index is 1260. The highest BCUT2D eigenvalue weighted by molar-refractivity contribution is 5.76. The summed E-state index contributed by atoms with van der Waals surface area (Å²) in [4.78, 5) is 15.4. The van der Waals surface area contributed by atoms with Crippen LogP contribution >= 0.6 is 0 Å². The minimum atomic E-state index is 0.0336. The van der Waals surface area contributed by atoms with Crippen molar-refractivity contribution in [3.05, 3.63) is 82.4 Å². The van der Waals surface area contributed by atoms with Crippen LogP contribution in [0.1, 0.15) is 43.0 Å². The summed E-state index contributed by atoms with van der Waals surface area (Å²) in [6.07, 6.45) is 5.95. The van der Waals surface area contributed by atoms with Crippen LogP contribution in [0.3, 0.4) is 0 Å². The van der Waals surface area contributed by atoms with Crippen LogP contribution in [0, 0.1) is 0 Å². The van der Waals surface area contributed by atoms with Crippen molar-refractivity contribution in [2.24, 2.45) is 0 Å². The highest BCUT2D eigenvalue weighted by Crippen LogP contribution is 2.33. The van der Waals surface area contributed by atoms with Gasteiger partial charge in [0.1, 0.15) is 17.0 Å². The maximum atomic E-state index is 13.0. The Labute approximate surface area is 186 Å². The van der Waals surface area contributed by atoms with Gasteiger partial charge in [0.2, 0.25) is 0 Å². The minimum absolute atomic E-state index is 0.0336. The highest BCUT2D eigenvalue weighted by atomic mass is 16.5. The predicted molar refractivity (Wildman–Crippen MR) is 123 cm³/mol. The van der Waals surface area contributed by atoms with Crippen LogP contribution in [-0.2, 0) is 6.54 Å². The van der Waals surface area contributed by atoms with Crippen LogP contribution in [0.15, 0.2) is 74.6 Å². The monoisotopic (exact) mass is 430 g/mol. The van der Waals surface area contributed by atoms with Gasteiger partial charge in [0.25, 0.3) is 0 Å². The molecule has 1 atom stereocenters. The minimum Gasteiger partial charge on any atom is -0.497 e. The zero-order valence-electron chi connectivity index (χ0n) is 18.1. The van der Waals surface area contributed by atoms with Gasteiger partial charge in [-0.25, -0.2) is 0 Å². The molecule has 6 nitrogen and oxygen atoms in total. The number of ether oxygens (including phenoxy) is 1. The number of fused-ring (bicyclic) bond motifs is 1. The van der Waals surface area contributed by atoms with E-state index in [2.05, 4.69) is 10.1 Å². The molecule has 0 aliphatic carbocycles. The molecule has 4 aromatic rings. The van der Waals surface area contributed by atoms with E-state index in [4.69, 9.17) is 13.7 Å². The smallest absolute Gasteiger partial charge is 0.197 e. The van der Waals surface area contributed by atoms with Crippen molar-refractivity contribution in [3.8, 4) is 17.0 Å². The zero-order chi connectivity index (χ0) is 21.9. The fourth-order valence-electron chi connectivity index (χ4n) is 4.47. The number of hydrogen-bond donors (Lipinski definition) is 0. The van der Waals surface area contributed by atoms with Crippen LogP contribution < -0.4 is 10.2 Å². The summed E-state index contributed by atoms with van der Waals surface area (Å²) < 4.78 is 16.8. The second kappa shape index (κ2) is 9.01. The van der Waals surface area contributed by atoms with E-state index in [-0.39, 0.29) is 11.5 Å². The molecule has 2 aromatic heterocycles. The molecule has 32 heavy (non-hydrogen) atoms. The first kappa shape index (κ1) is 20.5. The summed E-state index contributed by atoms with van der Waals surface area (Å²) in [6, 6.07) is 17.3. The third-order valence-electron chi connectivity index (χ3n) is 6.23. The number of aromatic nitrogens is 1. The molecule has 0 radical (unpaired) electrons. The summed E-state index contributed by atoms with van der Waals surface area (Å²) in [5.74, 6) is 1.64. The molecule has 6 heteroatoms. The van der Waals surface area contributed by atoms with Gasteiger partial charge in [-0.3, -0.25) is 9.69 Å². The topological polar surface area (TPSA) is 68.7 Å². The van der Waals surface area contributed by atoms with Crippen molar-refractivity contribution in [2.45, 2.75) is 38.3 Å². The van der Waals surface area contributed by atoms with Gasteiger partial charge in [-0.15, -0.1) is 0 Å². The number of nitrogens with zero attached hydrogens (tertiary/aromatic N) is 2. The van der Waals surface area contributed by atoms with Crippen LogP contribution in [0.5, 0.6) is 5.75 Å². The summed E-state index contributed by atoms with van der Waals surface area (Å²) in [5, 5.41) is 4.95. The molecule has 0 saturated carbocycles. The van der Waals surface area contributed by atoms with Gasteiger partial charge in [-0.05, 0) is 55.8 Å². The average molecular weight is 431 g/mol. The summed E-state index contributed by atoms with van der Waals surface area (Å²) in [5.41, 5.74) is 3.11. The molecule has 0 amide bonds. The Morgan fingerprint density at radius 2 is 1.94 bits per heavy atom. The van der Waals surface area contributed by atoms with Gasteiger partial charge < -0.3 is 13.7 Å². The number of benzene rings is 2. The lowest BCUT2D eigenvalue weighted by Crippen LogP contribution is -2.30. The van der Waals surface area contributed by atoms with E-state index in [1.165, 1.54) is 6.42 Å². The molecule has 1 aliphatic rings. The average Bonchev–Trinajstić information content (AvgIpc) is 3.21. The number of rotatable bonds is 5. The third kappa shape index (κ3) is 4.06. The van der Waals surface area contributed by atoms with Crippen LogP contribution in [0.4, 0.5) is 0 Å². The Hall–Kier alpha value is -3.38. The Balaban J connectivity index is 1.43. The molecular formula is C26H26N2O4. The largest absolute Gasteiger partial charge is 0.497 e. The maximum absolute atomic E-state index is 13.0. The first-order valence-electron chi connectivity index (χ1n) is 11.1. The normalized spacial score (nSPS) is 17.3. The van der Waals surface area contributed by atoms with Crippen molar-refractivity contribution >= 4 is 11.0 Å². The van der Waals surface area contributed by atoms with Gasteiger partial charge >= 0.3 is 0 Å². The van der Waals surface area contributed by atoms with Crippen molar-refractivity contribution in [1.29, 1.82) is 0 Å².